The number of hydrogen-bond donors (Lipinski definition) is 0. The summed E-state index contributed by atoms with van der Waals surface area (Å²) in [6.45, 7) is 1.81. The summed E-state index contributed by atoms with van der Waals surface area (Å²) in [5.74, 6) is -1.22. The topological polar surface area (TPSA) is 89.8 Å². The number of hydrogen-bond acceptors (Lipinski definition) is 5. The Morgan fingerprint density at radius 2 is 2.00 bits per heavy atom. The van der Waals surface area contributed by atoms with E-state index in [1.165, 1.54) is 25.2 Å². The Hall–Kier alpha value is -2.44. The second-order valence-corrected chi connectivity index (χ2v) is 3.68. The third-order valence-electron chi connectivity index (χ3n) is 2.41. The van der Waals surface area contributed by atoms with Crippen molar-refractivity contribution < 1.29 is 19.2 Å². The van der Waals surface area contributed by atoms with Crippen molar-refractivity contribution in [3.05, 3.63) is 34.4 Å². The molecule has 0 fully saturated rings. The molecule has 19 heavy (non-hydrogen) atoms. The van der Waals surface area contributed by atoms with Crippen LogP contribution >= 0.6 is 0 Å². The van der Waals surface area contributed by atoms with E-state index in [2.05, 4.69) is 4.74 Å². The van der Waals surface area contributed by atoms with E-state index in [0.29, 0.717) is 0 Å². The molecule has 7 nitrogen and oxygen atoms in total. The first kappa shape index (κ1) is 14.6. The predicted octanol–water partition coefficient (Wildman–Crippen LogP) is 1.51. The van der Waals surface area contributed by atoms with Crippen LogP contribution in [-0.2, 0) is 14.3 Å². The largest absolute Gasteiger partial charge is 0.466 e. The van der Waals surface area contributed by atoms with Crippen molar-refractivity contribution in [1.29, 1.82) is 0 Å². The molecule has 7 heteroatoms. The molecule has 0 atom stereocenters. The molecule has 0 radical (unpaired) electrons. The summed E-state index contributed by atoms with van der Waals surface area (Å²) in [6.07, 6.45) is -0.448. The molecule has 1 amide bonds. The molecule has 0 aliphatic carbocycles. The molecule has 0 bridgehead atoms. The number of amides is 1. The maximum atomic E-state index is 11.8. The number of esters is 1. The van der Waals surface area contributed by atoms with Crippen molar-refractivity contribution in [1.82, 2.24) is 0 Å². The number of nitro groups is 1. The van der Waals surface area contributed by atoms with Crippen molar-refractivity contribution in [3.8, 4) is 0 Å². The smallest absolute Gasteiger partial charge is 0.315 e. The highest BCUT2D eigenvalue weighted by Crippen LogP contribution is 2.26. The Kier molecular flexibility index (Phi) is 4.99. The highest BCUT2D eigenvalue weighted by Gasteiger charge is 2.22. The van der Waals surface area contributed by atoms with E-state index in [0.717, 1.165) is 4.90 Å². The van der Waals surface area contributed by atoms with E-state index in [1.54, 1.807) is 13.0 Å². The van der Waals surface area contributed by atoms with E-state index in [1.807, 2.05) is 0 Å². The number of carbonyl (C=O) groups is 2. The Morgan fingerprint density at radius 1 is 1.37 bits per heavy atom. The van der Waals surface area contributed by atoms with Crippen molar-refractivity contribution in [3.63, 3.8) is 0 Å². The first-order valence-corrected chi connectivity index (χ1v) is 5.63. The normalized spacial score (nSPS) is 9.79. The molecule has 0 N–H and O–H groups in total. The lowest BCUT2D eigenvalue weighted by Gasteiger charge is -2.16. The van der Waals surface area contributed by atoms with Gasteiger partial charge in [0.25, 0.3) is 5.69 Å². The summed E-state index contributed by atoms with van der Waals surface area (Å²) in [5, 5.41) is 10.8. The Balaban J connectivity index is 2.88. The van der Waals surface area contributed by atoms with Crippen LogP contribution in [0.1, 0.15) is 13.3 Å². The van der Waals surface area contributed by atoms with Crippen LogP contribution in [-0.4, -0.2) is 30.5 Å². The number of ether oxygens (including phenoxy) is 1. The van der Waals surface area contributed by atoms with Crippen molar-refractivity contribution in [2.45, 2.75) is 13.3 Å². The number of rotatable bonds is 5. The van der Waals surface area contributed by atoms with Crippen LogP contribution in [0.15, 0.2) is 24.3 Å². The highest BCUT2D eigenvalue weighted by atomic mass is 16.6. The molecule has 0 saturated carbocycles. The summed E-state index contributed by atoms with van der Waals surface area (Å²) in [7, 11) is 1.38. The van der Waals surface area contributed by atoms with Gasteiger partial charge in [-0.1, -0.05) is 12.1 Å². The average molecular weight is 266 g/mol. The molecule has 0 saturated heterocycles. The summed E-state index contributed by atoms with van der Waals surface area (Å²) in [5.41, 5.74) is -0.0518. The minimum atomic E-state index is -0.655. The monoisotopic (exact) mass is 266 g/mol. The van der Waals surface area contributed by atoms with Crippen LogP contribution in [0.3, 0.4) is 0 Å². The zero-order chi connectivity index (χ0) is 14.4. The zero-order valence-corrected chi connectivity index (χ0v) is 10.7. The van der Waals surface area contributed by atoms with Crippen LogP contribution < -0.4 is 4.90 Å². The summed E-state index contributed by atoms with van der Waals surface area (Å²) >= 11 is 0. The lowest BCUT2D eigenvalue weighted by molar-refractivity contribution is -0.384. The number of nitro benzene ring substituents is 1. The number of anilines is 1. The first-order chi connectivity index (χ1) is 8.97. The molecule has 0 aliphatic heterocycles. The number of carbonyl (C=O) groups excluding carboxylic acids is 2. The van der Waals surface area contributed by atoms with Gasteiger partial charge in [0.05, 0.1) is 11.5 Å². The van der Waals surface area contributed by atoms with E-state index in [4.69, 9.17) is 0 Å². The molecule has 0 aliphatic rings. The Morgan fingerprint density at radius 3 is 2.58 bits per heavy atom. The fourth-order valence-corrected chi connectivity index (χ4v) is 1.49. The van der Waals surface area contributed by atoms with Crippen molar-refractivity contribution in [2.75, 3.05) is 18.6 Å². The average Bonchev–Trinajstić information content (AvgIpc) is 2.37. The van der Waals surface area contributed by atoms with Crippen LogP contribution in [0.4, 0.5) is 11.4 Å². The lowest BCUT2D eigenvalue weighted by atomic mass is 10.2. The van der Waals surface area contributed by atoms with Gasteiger partial charge in [0, 0.05) is 13.1 Å². The predicted molar refractivity (Wildman–Crippen MR) is 67.8 cm³/mol. The molecular formula is C12H14N2O5. The summed E-state index contributed by atoms with van der Waals surface area (Å²) < 4.78 is 4.66. The highest BCUT2D eigenvalue weighted by molar-refractivity contribution is 6.04. The SMILES string of the molecule is CCOC(=O)CC(=O)N(C)c1ccccc1[N+](=O)[O-]. The zero-order valence-electron chi connectivity index (χ0n) is 10.7. The van der Waals surface area contributed by atoms with E-state index in [9.17, 15) is 19.7 Å². The fourth-order valence-electron chi connectivity index (χ4n) is 1.49. The third-order valence-corrected chi connectivity index (χ3v) is 2.41. The maximum Gasteiger partial charge on any atom is 0.315 e. The van der Waals surface area contributed by atoms with Gasteiger partial charge in [0.15, 0.2) is 0 Å². The molecule has 102 valence electrons. The fraction of sp³-hybridized carbons (Fsp3) is 0.333. The van der Waals surface area contributed by atoms with Gasteiger partial charge in [-0.15, -0.1) is 0 Å². The quantitative estimate of drug-likeness (QED) is 0.349. The number of nitrogens with zero attached hydrogens (tertiary/aromatic N) is 2. The molecule has 0 spiro atoms. The first-order valence-electron chi connectivity index (χ1n) is 5.63. The molecular weight excluding hydrogens is 252 g/mol. The van der Waals surface area contributed by atoms with E-state index >= 15 is 0 Å². The van der Waals surface area contributed by atoms with Gasteiger partial charge in [-0.25, -0.2) is 0 Å². The molecule has 0 aromatic heterocycles. The lowest BCUT2D eigenvalue weighted by Crippen LogP contribution is -2.29. The number of para-hydroxylation sites is 2. The molecule has 1 aromatic carbocycles. The van der Waals surface area contributed by atoms with Gasteiger partial charge in [-0.2, -0.15) is 0 Å². The summed E-state index contributed by atoms with van der Waals surface area (Å²) in [4.78, 5) is 34.4. The van der Waals surface area contributed by atoms with Gasteiger partial charge >= 0.3 is 5.97 Å². The summed E-state index contributed by atoms with van der Waals surface area (Å²) in [6, 6.07) is 5.83. The maximum absolute atomic E-state index is 11.8. The second kappa shape index (κ2) is 6.48. The molecule has 1 aromatic rings. The molecule has 0 unspecified atom stereocenters. The number of benzene rings is 1. The van der Waals surface area contributed by atoms with E-state index in [-0.39, 0.29) is 18.0 Å². The Labute approximate surface area is 109 Å². The van der Waals surface area contributed by atoms with Crippen molar-refractivity contribution >= 4 is 23.3 Å². The van der Waals surface area contributed by atoms with Gasteiger partial charge in [-0.05, 0) is 13.0 Å². The van der Waals surface area contributed by atoms with Gasteiger partial charge < -0.3 is 9.64 Å². The van der Waals surface area contributed by atoms with Crippen LogP contribution in [0, 0.1) is 10.1 Å². The van der Waals surface area contributed by atoms with Crippen LogP contribution in [0.25, 0.3) is 0 Å². The molecule has 0 heterocycles. The van der Waals surface area contributed by atoms with Gasteiger partial charge in [-0.3, -0.25) is 19.7 Å². The van der Waals surface area contributed by atoms with E-state index < -0.39 is 23.2 Å². The van der Waals surface area contributed by atoms with Crippen molar-refractivity contribution in [2.24, 2.45) is 0 Å². The van der Waals surface area contributed by atoms with Gasteiger partial charge in [0.1, 0.15) is 12.1 Å². The Bertz CT molecular complexity index is 501. The minimum Gasteiger partial charge on any atom is -0.466 e. The molecule has 1 rings (SSSR count). The standard InChI is InChI=1S/C12H14N2O5/c1-3-19-12(16)8-11(15)13(2)9-6-4-5-7-10(9)14(17)18/h4-7H,3,8H2,1-2H3. The third kappa shape index (κ3) is 3.77. The van der Waals surface area contributed by atoms with Gasteiger partial charge in [0.2, 0.25) is 5.91 Å². The van der Waals surface area contributed by atoms with Crippen LogP contribution in [0.5, 0.6) is 0 Å². The minimum absolute atomic E-state index is 0.141. The van der Waals surface area contributed by atoms with Crippen LogP contribution in [0.2, 0.25) is 0 Å². The second-order valence-electron chi connectivity index (χ2n) is 3.68.